The van der Waals surface area contributed by atoms with Gasteiger partial charge in [0.2, 0.25) is 15.9 Å². The van der Waals surface area contributed by atoms with Crippen molar-refractivity contribution in [1.82, 2.24) is 14.9 Å². The summed E-state index contributed by atoms with van der Waals surface area (Å²) in [4.78, 5) is 13.6. The molecule has 0 radical (unpaired) electrons. The Bertz CT molecular complexity index is 704. The topological polar surface area (TPSA) is 87.7 Å². The molecular formula is C17H27N3O4S. The monoisotopic (exact) mass is 369 g/mol. The number of ether oxygens (including phenoxy) is 1. The van der Waals surface area contributed by atoms with Gasteiger partial charge in [-0.25, -0.2) is 13.1 Å². The van der Waals surface area contributed by atoms with E-state index in [1.165, 1.54) is 0 Å². The van der Waals surface area contributed by atoms with E-state index in [9.17, 15) is 13.2 Å². The van der Waals surface area contributed by atoms with Crippen LogP contribution in [0.3, 0.4) is 0 Å². The lowest BCUT2D eigenvalue weighted by Crippen LogP contribution is -2.48. The van der Waals surface area contributed by atoms with E-state index in [4.69, 9.17) is 4.74 Å². The summed E-state index contributed by atoms with van der Waals surface area (Å²) < 4.78 is 33.0. The van der Waals surface area contributed by atoms with Gasteiger partial charge in [-0.15, -0.1) is 0 Å². The van der Waals surface area contributed by atoms with Crippen LogP contribution in [0.2, 0.25) is 0 Å². The Morgan fingerprint density at radius 3 is 2.76 bits per heavy atom. The van der Waals surface area contributed by atoms with Gasteiger partial charge in [-0.05, 0) is 57.5 Å². The number of aryl methyl sites for hydroxylation is 1. The van der Waals surface area contributed by atoms with Gasteiger partial charge >= 0.3 is 0 Å². The number of carbonyl (C=O) groups excluding carboxylic acids is 1. The van der Waals surface area contributed by atoms with Gasteiger partial charge in [0.25, 0.3) is 0 Å². The van der Waals surface area contributed by atoms with E-state index in [2.05, 4.69) is 10.0 Å². The maximum absolute atomic E-state index is 12.4. The van der Waals surface area contributed by atoms with Gasteiger partial charge in [-0.2, -0.15) is 0 Å². The minimum Gasteiger partial charge on any atom is -0.491 e. The molecular weight excluding hydrogens is 342 g/mol. The van der Waals surface area contributed by atoms with Gasteiger partial charge in [0, 0.05) is 19.6 Å². The number of amides is 1. The lowest BCUT2D eigenvalue weighted by molar-refractivity contribution is -0.124. The van der Waals surface area contributed by atoms with Crippen molar-refractivity contribution in [3.8, 4) is 5.75 Å². The summed E-state index contributed by atoms with van der Waals surface area (Å²) in [6.45, 7) is 8.54. The molecule has 1 heterocycles. The zero-order valence-electron chi connectivity index (χ0n) is 15.0. The number of sulfonamides is 1. The van der Waals surface area contributed by atoms with E-state index in [0.29, 0.717) is 38.3 Å². The number of hydrogen-bond donors (Lipinski definition) is 2. The van der Waals surface area contributed by atoms with Crippen molar-refractivity contribution >= 4 is 15.9 Å². The van der Waals surface area contributed by atoms with E-state index in [1.807, 2.05) is 25.7 Å². The van der Waals surface area contributed by atoms with Gasteiger partial charge in [-0.1, -0.05) is 0 Å². The van der Waals surface area contributed by atoms with Crippen molar-refractivity contribution in [2.45, 2.75) is 38.2 Å². The molecule has 2 N–H and O–H groups in total. The van der Waals surface area contributed by atoms with Gasteiger partial charge in [-0.3, -0.25) is 9.69 Å². The van der Waals surface area contributed by atoms with E-state index in [0.717, 1.165) is 12.1 Å². The van der Waals surface area contributed by atoms with Crippen LogP contribution >= 0.6 is 0 Å². The second-order valence-electron chi connectivity index (χ2n) is 6.47. The minimum absolute atomic E-state index is 0.0195. The van der Waals surface area contributed by atoms with Crippen molar-refractivity contribution in [1.29, 1.82) is 0 Å². The molecule has 0 bridgehead atoms. The molecule has 1 aliphatic rings. The smallest absolute Gasteiger partial charge is 0.240 e. The highest BCUT2D eigenvalue weighted by molar-refractivity contribution is 7.89. The second-order valence-corrected chi connectivity index (χ2v) is 8.24. The first-order valence-electron chi connectivity index (χ1n) is 8.54. The zero-order chi connectivity index (χ0) is 18.4. The van der Waals surface area contributed by atoms with Crippen molar-refractivity contribution in [2.24, 2.45) is 0 Å². The number of hydrogen-bond acceptors (Lipinski definition) is 5. The summed E-state index contributed by atoms with van der Waals surface area (Å²) in [6.07, 6.45) is 0.691. The molecule has 0 unspecified atom stereocenters. The predicted octanol–water partition coefficient (Wildman–Crippen LogP) is 0.882. The number of piperazine rings is 1. The Morgan fingerprint density at radius 2 is 2.12 bits per heavy atom. The summed E-state index contributed by atoms with van der Waals surface area (Å²) in [5.74, 6) is 0.711. The lowest BCUT2D eigenvalue weighted by atomic mass is 10.2. The first-order chi connectivity index (χ1) is 11.8. The largest absolute Gasteiger partial charge is 0.491 e. The van der Waals surface area contributed by atoms with E-state index in [1.54, 1.807) is 18.2 Å². The number of nitrogens with zero attached hydrogens (tertiary/aromatic N) is 1. The summed E-state index contributed by atoms with van der Waals surface area (Å²) in [7, 11) is -3.55. The van der Waals surface area contributed by atoms with Gasteiger partial charge in [0.1, 0.15) is 5.75 Å². The molecule has 1 amide bonds. The highest BCUT2D eigenvalue weighted by atomic mass is 32.2. The Kier molecular flexibility index (Phi) is 6.80. The Balaban J connectivity index is 1.86. The van der Waals surface area contributed by atoms with E-state index in [-0.39, 0.29) is 16.9 Å². The van der Waals surface area contributed by atoms with Crippen LogP contribution in [0, 0.1) is 6.92 Å². The second kappa shape index (κ2) is 8.64. The first-order valence-corrected chi connectivity index (χ1v) is 10.0. The van der Waals surface area contributed by atoms with Crippen LogP contribution in [0.1, 0.15) is 25.8 Å². The number of benzene rings is 1. The predicted molar refractivity (Wildman–Crippen MR) is 96.2 cm³/mol. The molecule has 1 aromatic carbocycles. The Labute approximate surface area is 149 Å². The number of rotatable bonds is 8. The van der Waals surface area contributed by atoms with Crippen LogP contribution in [-0.4, -0.2) is 58.1 Å². The molecule has 0 atom stereocenters. The average molecular weight is 369 g/mol. The van der Waals surface area contributed by atoms with Gasteiger partial charge in [0.15, 0.2) is 0 Å². The van der Waals surface area contributed by atoms with Crippen LogP contribution in [0.4, 0.5) is 0 Å². The van der Waals surface area contributed by atoms with Gasteiger partial charge < -0.3 is 10.1 Å². The molecule has 0 saturated carbocycles. The average Bonchev–Trinajstić information content (AvgIpc) is 2.53. The third-order valence-corrected chi connectivity index (χ3v) is 5.34. The van der Waals surface area contributed by atoms with E-state index < -0.39 is 10.0 Å². The number of carbonyl (C=O) groups is 1. The van der Waals surface area contributed by atoms with Crippen molar-refractivity contribution in [3.05, 3.63) is 23.8 Å². The maximum atomic E-state index is 12.4. The molecule has 1 saturated heterocycles. The SMILES string of the molecule is Cc1cc(S(=O)(=O)NCCCN2CCNC(=O)C2)ccc1OC(C)C. The van der Waals surface area contributed by atoms with Crippen molar-refractivity contribution < 1.29 is 17.9 Å². The minimum atomic E-state index is -3.55. The molecule has 2 rings (SSSR count). The molecule has 1 fully saturated rings. The van der Waals surface area contributed by atoms with Crippen LogP contribution in [-0.2, 0) is 14.8 Å². The van der Waals surface area contributed by atoms with Crippen LogP contribution in [0.25, 0.3) is 0 Å². The summed E-state index contributed by atoms with van der Waals surface area (Å²) in [5.41, 5.74) is 0.788. The van der Waals surface area contributed by atoms with Crippen LogP contribution < -0.4 is 14.8 Å². The van der Waals surface area contributed by atoms with E-state index >= 15 is 0 Å². The van der Waals surface area contributed by atoms with Crippen molar-refractivity contribution in [3.63, 3.8) is 0 Å². The fourth-order valence-electron chi connectivity index (χ4n) is 2.65. The highest BCUT2D eigenvalue weighted by Gasteiger charge is 2.17. The Morgan fingerprint density at radius 1 is 1.36 bits per heavy atom. The third kappa shape index (κ3) is 5.98. The summed E-state index contributed by atoms with van der Waals surface area (Å²) >= 11 is 0. The number of nitrogens with one attached hydrogen (secondary N) is 2. The molecule has 7 nitrogen and oxygen atoms in total. The maximum Gasteiger partial charge on any atom is 0.240 e. The highest BCUT2D eigenvalue weighted by Crippen LogP contribution is 2.22. The standard InChI is InChI=1S/C17H27N3O4S/c1-13(2)24-16-6-5-15(11-14(16)3)25(22,23)19-7-4-9-20-10-8-18-17(21)12-20/h5-6,11,13,19H,4,7-10,12H2,1-3H3,(H,18,21). The van der Waals surface area contributed by atoms with Crippen LogP contribution in [0.5, 0.6) is 5.75 Å². The Hall–Kier alpha value is -1.64. The van der Waals surface area contributed by atoms with Gasteiger partial charge in [0.05, 0.1) is 17.5 Å². The third-order valence-electron chi connectivity index (χ3n) is 3.88. The lowest BCUT2D eigenvalue weighted by Gasteiger charge is -2.26. The summed E-state index contributed by atoms with van der Waals surface area (Å²) in [6, 6.07) is 4.87. The molecule has 8 heteroatoms. The van der Waals surface area contributed by atoms with Crippen LogP contribution in [0.15, 0.2) is 23.1 Å². The molecule has 140 valence electrons. The molecule has 0 aromatic heterocycles. The molecule has 1 aliphatic heterocycles. The normalized spacial score (nSPS) is 16.1. The quantitative estimate of drug-likeness (QED) is 0.664. The summed E-state index contributed by atoms with van der Waals surface area (Å²) in [5, 5.41) is 2.77. The zero-order valence-corrected chi connectivity index (χ0v) is 15.9. The molecule has 0 spiro atoms. The van der Waals surface area contributed by atoms with Crippen molar-refractivity contribution in [2.75, 3.05) is 32.7 Å². The molecule has 25 heavy (non-hydrogen) atoms. The molecule has 0 aliphatic carbocycles. The first kappa shape index (κ1) is 19.7. The fourth-order valence-corrected chi connectivity index (χ4v) is 3.81. The molecule has 1 aromatic rings. The fraction of sp³-hybridized carbons (Fsp3) is 0.588.